The molecule has 0 saturated carbocycles. The fourth-order valence-electron chi connectivity index (χ4n) is 1.62. The van der Waals surface area contributed by atoms with Gasteiger partial charge in [-0.05, 0) is 34.1 Å². The molecule has 4 nitrogen and oxygen atoms in total. The third kappa shape index (κ3) is 4.73. The molecule has 0 amide bonds. The maximum absolute atomic E-state index is 9.27. The minimum absolute atomic E-state index is 0.0301. The fraction of sp³-hybridized carbons (Fsp3) is 0.571. The van der Waals surface area contributed by atoms with E-state index in [1.165, 1.54) is 0 Å². The lowest BCUT2D eigenvalue weighted by Gasteiger charge is -2.26. The Hall–Kier alpha value is -0.670. The third-order valence-corrected chi connectivity index (χ3v) is 3.40. The van der Waals surface area contributed by atoms with E-state index in [9.17, 15) is 4.89 Å². The summed E-state index contributed by atoms with van der Waals surface area (Å²) in [6, 6.07) is 5.87. The summed E-state index contributed by atoms with van der Waals surface area (Å²) in [6.07, 6.45) is 0. The number of rotatable bonds is 3. The standard InChI is InChI=1S/C14H23O4P/c1-13(2,3)10-7-11(14(4,5)6)9-12(8-10)17-19(16)18-15/h7-9,15-16H,1-6H3. The van der Waals surface area contributed by atoms with E-state index in [1.807, 2.05) is 12.1 Å². The van der Waals surface area contributed by atoms with Crippen molar-refractivity contribution in [3.63, 3.8) is 0 Å². The molecule has 1 atom stereocenters. The molecular formula is C14H23O4P. The van der Waals surface area contributed by atoms with Crippen LogP contribution in [0.3, 0.4) is 0 Å². The van der Waals surface area contributed by atoms with Gasteiger partial charge in [0.2, 0.25) is 0 Å². The molecule has 0 heterocycles. The second-order valence-corrected chi connectivity index (χ2v) is 7.48. The second-order valence-electron chi connectivity index (χ2n) is 6.66. The van der Waals surface area contributed by atoms with Gasteiger partial charge in [0.25, 0.3) is 0 Å². The highest BCUT2D eigenvalue weighted by Gasteiger charge is 2.22. The SMILES string of the molecule is CC(C)(C)c1cc(OP(O)OO)cc(C(C)(C)C)c1. The van der Waals surface area contributed by atoms with Crippen LogP contribution in [-0.2, 0) is 15.5 Å². The summed E-state index contributed by atoms with van der Waals surface area (Å²) in [5.41, 5.74) is 2.16. The van der Waals surface area contributed by atoms with Crippen molar-refractivity contribution in [3.05, 3.63) is 29.3 Å². The van der Waals surface area contributed by atoms with Gasteiger partial charge in [-0.15, -0.1) is 4.67 Å². The summed E-state index contributed by atoms with van der Waals surface area (Å²) in [4.78, 5) is 9.27. The summed E-state index contributed by atoms with van der Waals surface area (Å²) >= 11 is 0. The van der Waals surface area contributed by atoms with Gasteiger partial charge >= 0.3 is 8.60 Å². The van der Waals surface area contributed by atoms with Crippen LogP contribution in [0.4, 0.5) is 0 Å². The van der Waals surface area contributed by atoms with Gasteiger partial charge in [0.1, 0.15) is 5.75 Å². The molecule has 0 bridgehead atoms. The zero-order valence-electron chi connectivity index (χ0n) is 12.4. The number of hydrogen-bond acceptors (Lipinski definition) is 4. The molecule has 0 saturated heterocycles. The van der Waals surface area contributed by atoms with Crippen molar-refractivity contribution in [1.29, 1.82) is 0 Å². The average Bonchev–Trinajstić information content (AvgIpc) is 2.26. The van der Waals surface area contributed by atoms with Crippen LogP contribution in [0.15, 0.2) is 18.2 Å². The molecule has 0 aliphatic carbocycles. The molecule has 0 fully saturated rings. The van der Waals surface area contributed by atoms with Crippen LogP contribution in [0.25, 0.3) is 0 Å². The Labute approximate surface area is 116 Å². The minimum Gasteiger partial charge on any atom is -0.425 e. The molecule has 1 aromatic rings. The van der Waals surface area contributed by atoms with Crippen molar-refractivity contribution in [3.8, 4) is 5.75 Å². The van der Waals surface area contributed by atoms with Crippen molar-refractivity contribution in [2.75, 3.05) is 0 Å². The molecule has 0 spiro atoms. The number of hydrogen-bond donors (Lipinski definition) is 2. The Morgan fingerprint density at radius 2 is 1.32 bits per heavy atom. The predicted octanol–water partition coefficient (Wildman–Crippen LogP) is 4.37. The predicted molar refractivity (Wildman–Crippen MR) is 77.3 cm³/mol. The summed E-state index contributed by atoms with van der Waals surface area (Å²) < 4.78 is 8.99. The maximum Gasteiger partial charge on any atom is 0.424 e. The molecule has 108 valence electrons. The van der Waals surface area contributed by atoms with E-state index >= 15 is 0 Å². The lowest BCUT2D eigenvalue weighted by atomic mass is 9.80. The van der Waals surface area contributed by atoms with Crippen LogP contribution < -0.4 is 4.52 Å². The molecular weight excluding hydrogens is 263 g/mol. The minimum atomic E-state index is -2.30. The van der Waals surface area contributed by atoms with Crippen molar-refractivity contribution in [1.82, 2.24) is 0 Å². The van der Waals surface area contributed by atoms with Crippen LogP contribution in [0.5, 0.6) is 5.75 Å². The Bertz CT molecular complexity index is 400. The zero-order valence-corrected chi connectivity index (χ0v) is 13.3. The van der Waals surface area contributed by atoms with Crippen LogP contribution in [0.1, 0.15) is 52.7 Å². The Kier molecular flexibility index (Phi) is 4.97. The van der Waals surface area contributed by atoms with Crippen LogP contribution >= 0.6 is 8.60 Å². The van der Waals surface area contributed by atoms with Crippen LogP contribution in [-0.4, -0.2) is 10.2 Å². The third-order valence-electron chi connectivity index (χ3n) is 2.89. The van der Waals surface area contributed by atoms with Crippen LogP contribution in [0.2, 0.25) is 0 Å². The van der Waals surface area contributed by atoms with Crippen molar-refractivity contribution in [2.24, 2.45) is 0 Å². The molecule has 5 heteroatoms. The fourth-order valence-corrected chi connectivity index (χ4v) is 1.94. The Morgan fingerprint density at radius 1 is 0.895 bits per heavy atom. The van der Waals surface area contributed by atoms with E-state index in [-0.39, 0.29) is 10.8 Å². The lowest BCUT2D eigenvalue weighted by molar-refractivity contribution is -0.144. The van der Waals surface area contributed by atoms with E-state index in [2.05, 4.69) is 52.3 Å². The molecule has 19 heavy (non-hydrogen) atoms. The van der Waals surface area contributed by atoms with Crippen molar-refractivity contribution >= 4 is 8.60 Å². The van der Waals surface area contributed by atoms with Gasteiger partial charge < -0.3 is 9.42 Å². The molecule has 0 aromatic heterocycles. The highest BCUT2D eigenvalue weighted by atomic mass is 31.2. The summed E-state index contributed by atoms with van der Waals surface area (Å²) in [5.74, 6) is 0.500. The van der Waals surface area contributed by atoms with Gasteiger partial charge in [-0.3, -0.25) is 0 Å². The molecule has 1 rings (SSSR count). The van der Waals surface area contributed by atoms with Crippen LogP contribution in [0, 0.1) is 0 Å². The highest BCUT2D eigenvalue weighted by molar-refractivity contribution is 7.40. The first-order chi connectivity index (χ1) is 8.54. The monoisotopic (exact) mass is 286 g/mol. The maximum atomic E-state index is 9.27. The quantitative estimate of drug-likeness (QED) is 0.492. The van der Waals surface area contributed by atoms with Crippen molar-refractivity contribution < 1.29 is 19.3 Å². The molecule has 1 unspecified atom stereocenters. The van der Waals surface area contributed by atoms with Gasteiger partial charge in [-0.1, -0.05) is 47.6 Å². The lowest BCUT2D eigenvalue weighted by Crippen LogP contribution is -2.16. The van der Waals surface area contributed by atoms with Crippen molar-refractivity contribution in [2.45, 2.75) is 52.4 Å². The van der Waals surface area contributed by atoms with Gasteiger partial charge in [0.05, 0.1) is 0 Å². The van der Waals surface area contributed by atoms with E-state index < -0.39 is 8.60 Å². The van der Waals surface area contributed by atoms with E-state index in [0.29, 0.717) is 5.75 Å². The molecule has 1 aromatic carbocycles. The van der Waals surface area contributed by atoms with Gasteiger partial charge in [0.15, 0.2) is 0 Å². The summed E-state index contributed by atoms with van der Waals surface area (Å²) in [6.45, 7) is 12.7. The second kappa shape index (κ2) is 5.76. The van der Waals surface area contributed by atoms with E-state index in [1.54, 1.807) is 0 Å². The molecule has 2 N–H and O–H groups in total. The largest absolute Gasteiger partial charge is 0.425 e. The summed E-state index contributed by atoms with van der Waals surface area (Å²) in [7, 11) is -2.30. The van der Waals surface area contributed by atoms with E-state index in [0.717, 1.165) is 11.1 Å². The first-order valence-electron chi connectivity index (χ1n) is 6.18. The Morgan fingerprint density at radius 3 is 1.63 bits per heavy atom. The zero-order chi connectivity index (χ0) is 14.8. The van der Waals surface area contributed by atoms with Gasteiger partial charge in [0, 0.05) is 0 Å². The normalized spacial score (nSPS) is 14.3. The van der Waals surface area contributed by atoms with E-state index in [4.69, 9.17) is 9.78 Å². The Balaban J connectivity index is 3.25. The first-order valence-corrected chi connectivity index (χ1v) is 7.31. The molecule has 0 radical (unpaired) electrons. The molecule has 0 aliphatic rings. The number of benzene rings is 1. The molecule has 0 aliphatic heterocycles. The summed E-state index contributed by atoms with van der Waals surface area (Å²) in [5, 5.41) is 8.41. The van der Waals surface area contributed by atoms with Gasteiger partial charge in [-0.2, -0.15) is 0 Å². The first kappa shape index (κ1) is 16.4. The highest BCUT2D eigenvalue weighted by Crippen LogP contribution is 2.38. The van der Waals surface area contributed by atoms with Gasteiger partial charge in [-0.25, -0.2) is 5.26 Å². The average molecular weight is 286 g/mol. The topological polar surface area (TPSA) is 58.9 Å². The smallest absolute Gasteiger partial charge is 0.424 e.